The molecular weight excluding hydrogens is 342 g/mol. The lowest BCUT2D eigenvalue weighted by Gasteiger charge is -2.42. The second kappa shape index (κ2) is 7.71. The highest BCUT2D eigenvalue weighted by Gasteiger charge is 2.40. The van der Waals surface area contributed by atoms with Crippen LogP contribution in [0.15, 0.2) is 42.5 Å². The first-order valence-electron chi connectivity index (χ1n) is 9.36. The van der Waals surface area contributed by atoms with E-state index in [0.29, 0.717) is 17.5 Å². The number of aromatic hydroxyl groups is 1. The number of carboxylic acid groups (broad SMARTS) is 1. The Morgan fingerprint density at radius 2 is 1.93 bits per heavy atom. The van der Waals surface area contributed by atoms with Crippen molar-refractivity contribution in [3.8, 4) is 16.9 Å². The van der Waals surface area contributed by atoms with Gasteiger partial charge in [-0.3, -0.25) is 0 Å². The second-order valence-electron chi connectivity index (χ2n) is 7.72. The van der Waals surface area contributed by atoms with Gasteiger partial charge in [0.25, 0.3) is 0 Å². The quantitative estimate of drug-likeness (QED) is 0.749. The number of carbonyl (C=O) groups is 1. The molecule has 2 aromatic carbocycles. The molecule has 2 unspecified atom stereocenters. The number of aromatic carboxylic acids is 1. The molecular formula is C22H27NO4. The standard InChI is InChI=1S/C22H27NO4/c1-23(2)14-17-8-3-4-12-22(17,27)16-9-5-7-15(13-16)18-10-6-11-19(20(18)24)21(25)26/h5-7,9-11,13,17,24,27H,3-4,8,12,14H2,1-2H3,(H,25,26). The minimum Gasteiger partial charge on any atom is -0.506 e. The van der Waals surface area contributed by atoms with Gasteiger partial charge < -0.3 is 20.2 Å². The van der Waals surface area contributed by atoms with Crippen LogP contribution in [0.1, 0.15) is 41.6 Å². The summed E-state index contributed by atoms with van der Waals surface area (Å²) in [4.78, 5) is 13.4. The van der Waals surface area contributed by atoms with E-state index in [9.17, 15) is 20.1 Å². The first kappa shape index (κ1) is 19.4. The van der Waals surface area contributed by atoms with Crippen LogP contribution < -0.4 is 0 Å². The van der Waals surface area contributed by atoms with Crippen LogP contribution in [0.3, 0.4) is 0 Å². The van der Waals surface area contributed by atoms with E-state index >= 15 is 0 Å². The maximum Gasteiger partial charge on any atom is 0.339 e. The van der Waals surface area contributed by atoms with Gasteiger partial charge in [0.2, 0.25) is 0 Å². The zero-order chi connectivity index (χ0) is 19.6. The topological polar surface area (TPSA) is 81.0 Å². The Morgan fingerprint density at radius 3 is 2.63 bits per heavy atom. The van der Waals surface area contributed by atoms with Crippen LogP contribution in [0.25, 0.3) is 11.1 Å². The predicted molar refractivity (Wildman–Crippen MR) is 105 cm³/mol. The summed E-state index contributed by atoms with van der Waals surface area (Å²) >= 11 is 0. The molecule has 0 heterocycles. The van der Waals surface area contributed by atoms with E-state index in [-0.39, 0.29) is 17.2 Å². The fraction of sp³-hybridized carbons (Fsp3) is 0.409. The monoisotopic (exact) mass is 369 g/mol. The second-order valence-corrected chi connectivity index (χ2v) is 7.72. The number of aliphatic hydroxyl groups is 1. The molecule has 144 valence electrons. The Hall–Kier alpha value is -2.37. The largest absolute Gasteiger partial charge is 0.506 e. The minimum atomic E-state index is -1.16. The summed E-state index contributed by atoms with van der Waals surface area (Å²) in [5.41, 5.74) is 0.945. The van der Waals surface area contributed by atoms with Crippen molar-refractivity contribution in [3.63, 3.8) is 0 Å². The van der Waals surface area contributed by atoms with Crippen LogP contribution in [-0.2, 0) is 5.60 Å². The van der Waals surface area contributed by atoms with Crippen LogP contribution in [0.4, 0.5) is 0 Å². The van der Waals surface area contributed by atoms with E-state index < -0.39 is 11.6 Å². The summed E-state index contributed by atoms with van der Waals surface area (Å²) in [7, 11) is 4.03. The summed E-state index contributed by atoms with van der Waals surface area (Å²) in [6.07, 6.45) is 3.77. The lowest BCUT2D eigenvalue weighted by molar-refractivity contribution is -0.0618. The summed E-state index contributed by atoms with van der Waals surface area (Å²) in [5, 5.41) is 31.2. The molecule has 1 saturated carbocycles. The highest BCUT2D eigenvalue weighted by molar-refractivity contribution is 5.94. The Labute approximate surface area is 159 Å². The number of carboxylic acids is 1. The van der Waals surface area contributed by atoms with Crippen molar-refractivity contribution < 1.29 is 20.1 Å². The Kier molecular flexibility index (Phi) is 5.53. The number of benzene rings is 2. The van der Waals surface area contributed by atoms with E-state index in [2.05, 4.69) is 4.90 Å². The molecule has 3 rings (SSSR count). The third-order valence-corrected chi connectivity index (χ3v) is 5.56. The van der Waals surface area contributed by atoms with Crippen molar-refractivity contribution in [3.05, 3.63) is 53.6 Å². The van der Waals surface area contributed by atoms with Crippen molar-refractivity contribution in [1.82, 2.24) is 4.90 Å². The van der Waals surface area contributed by atoms with Crippen molar-refractivity contribution in [2.24, 2.45) is 5.92 Å². The zero-order valence-electron chi connectivity index (χ0n) is 15.9. The number of para-hydroxylation sites is 1. The number of rotatable bonds is 5. The summed E-state index contributed by atoms with van der Waals surface area (Å²) in [6, 6.07) is 12.2. The molecule has 0 saturated heterocycles. The van der Waals surface area contributed by atoms with E-state index in [1.165, 1.54) is 6.07 Å². The normalized spacial score (nSPS) is 22.7. The fourth-order valence-corrected chi connectivity index (χ4v) is 4.20. The SMILES string of the molecule is CN(C)CC1CCCCC1(O)c1cccc(-c2cccc(C(=O)O)c2O)c1. The molecule has 3 N–H and O–H groups in total. The first-order chi connectivity index (χ1) is 12.8. The lowest BCUT2D eigenvalue weighted by atomic mass is 9.71. The first-order valence-corrected chi connectivity index (χ1v) is 9.36. The summed E-state index contributed by atoms with van der Waals surface area (Å²) in [6.45, 7) is 0.806. The number of hydrogen-bond donors (Lipinski definition) is 3. The van der Waals surface area contributed by atoms with Crippen LogP contribution in [-0.4, -0.2) is 46.8 Å². The van der Waals surface area contributed by atoms with E-state index in [1.54, 1.807) is 12.1 Å². The molecule has 27 heavy (non-hydrogen) atoms. The van der Waals surface area contributed by atoms with Crippen molar-refractivity contribution in [1.29, 1.82) is 0 Å². The molecule has 1 aliphatic rings. The predicted octanol–water partition coefficient (Wildman–Crippen LogP) is 3.70. The van der Waals surface area contributed by atoms with E-state index in [4.69, 9.17) is 0 Å². The third kappa shape index (κ3) is 3.84. The molecule has 1 fully saturated rings. The Balaban J connectivity index is 2.03. The number of hydrogen-bond acceptors (Lipinski definition) is 4. The van der Waals surface area contributed by atoms with Gasteiger partial charge in [0.1, 0.15) is 11.3 Å². The molecule has 1 aliphatic carbocycles. The maximum atomic E-state index is 11.6. The zero-order valence-corrected chi connectivity index (χ0v) is 15.9. The number of phenols is 1. The van der Waals surface area contributed by atoms with Gasteiger partial charge in [-0.1, -0.05) is 43.2 Å². The van der Waals surface area contributed by atoms with Crippen molar-refractivity contribution >= 4 is 5.97 Å². The van der Waals surface area contributed by atoms with Crippen LogP contribution in [0.2, 0.25) is 0 Å². The van der Waals surface area contributed by atoms with E-state index in [0.717, 1.165) is 31.4 Å². The molecule has 2 atom stereocenters. The molecule has 0 aromatic heterocycles. The third-order valence-electron chi connectivity index (χ3n) is 5.56. The Bertz CT molecular complexity index is 833. The fourth-order valence-electron chi connectivity index (χ4n) is 4.20. The molecule has 0 bridgehead atoms. The Morgan fingerprint density at radius 1 is 1.19 bits per heavy atom. The highest BCUT2D eigenvalue weighted by atomic mass is 16.4. The van der Waals surface area contributed by atoms with E-state index in [1.807, 2.05) is 38.4 Å². The van der Waals surface area contributed by atoms with Crippen molar-refractivity contribution in [2.75, 3.05) is 20.6 Å². The molecule has 5 heteroatoms. The molecule has 0 amide bonds. The van der Waals surface area contributed by atoms with Gasteiger partial charge in [-0.2, -0.15) is 0 Å². The smallest absolute Gasteiger partial charge is 0.339 e. The van der Waals surface area contributed by atoms with Gasteiger partial charge >= 0.3 is 5.97 Å². The van der Waals surface area contributed by atoms with Crippen molar-refractivity contribution in [2.45, 2.75) is 31.3 Å². The average molecular weight is 369 g/mol. The van der Waals surface area contributed by atoms with Gasteiger partial charge in [-0.25, -0.2) is 4.79 Å². The molecule has 2 aromatic rings. The molecule has 0 radical (unpaired) electrons. The number of nitrogens with zero attached hydrogens (tertiary/aromatic N) is 1. The van der Waals surface area contributed by atoms with Gasteiger partial charge in [0.15, 0.2) is 0 Å². The van der Waals surface area contributed by atoms with Crippen LogP contribution in [0, 0.1) is 5.92 Å². The van der Waals surface area contributed by atoms with Gasteiger partial charge in [0, 0.05) is 18.0 Å². The highest BCUT2D eigenvalue weighted by Crippen LogP contribution is 2.43. The molecule has 5 nitrogen and oxygen atoms in total. The minimum absolute atomic E-state index is 0.125. The maximum absolute atomic E-state index is 11.6. The molecule has 0 spiro atoms. The molecule has 0 aliphatic heterocycles. The van der Waals surface area contributed by atoms with Gasteiger partial charge in [-0.15, -0.1) is 0 Å². The lowest BCUT2D eigenvalue weighted by Crippen LogP contribution is -2.43. The van der Waals surface area contributed by atoms with Gasteiger partial charge in [-0.05, 0) is 50.2 Å². The summed E-state index contributed by atoms with van der Waals surface area (Å²) in [5.74, 6) is -1.28. The van der Waals surface area contributed by atoms with Gasteiger partial charge in [0.05, 0.1) is 5.60 Å². The summed E-state index contributed by atoms with van der Waals surface area (Å²) < 4.78 is 0. The van der Waals surface area contributed by atoms with Crippen LogP contribution >= 0.6 is 0 Å². The van der Waals surface area contributed by atoms with Crippen LogP contribution in [0.5, 0.6) is 5.75 Å². The average Bonchev–Trinajstić information content (AvgIpc) is 2.63.